The van der Waals surface area contributed by atoms with Gasteiger partial charge >= 0.3 is 0 Å². The second kappa shape index (κ2) is 3.94. The summed E-state index contributed by atoms with van der Waals surface area (Å²) in [4.78, 5) is 0. The van der Waals surface area contributed by atoms with Crippen molar-refractivity contribution >= 4 is 0 Å². The molecule has 0 aliphatic carbocycles. The third kappa shape index (κ3) is 1.96. The maximum absolute atomic E-state index is 9.42. The van der Waals surface area contributed by atoms with E-state index in [1.54, 1.807) is 0 Å². The number of aliphatic hydroxyl groups is 1. The fourth-order valence-corrected chi connectivity index (χ4v) is 1.39. The van der Waals surface area contributed by atoms with E-state index in [0.717, 1.165) is 32.3 Å². The quantitative estimate of drug-likeness (QED) is 0.647. The van der Waals surface area contributed by atoms with Crippen LogP contribution in [0, 0.1) is 0 Å². The zero-order valence-corrected chi connectivity index (χ0v) is 6.55. The molecule has 2 heteroatoms. The zero-order valence-electron chi connectivity index (χ0n) is 6.55. The molecule has 1 unspecified atom stereocenters. The molecule has 60 valence electrons. The van der Waals surface area contributed by atoms with Crippen LogP contribution in [0.5, 0.6) is 0 Å². The van der Waals surface area contributed by atoms with Crippen LogP contribution >= 0.6 is 0 Å². The van der Waals surface area contributed by atoms with E-state index in [2.05, 4.69) is 6.92 Å². The van der Waals surface area contributed by atoms with Gasteiger partial charge in [0.1, 0.15) is 0 Å². The summed E-state index contributed by atoms with van der Waals surface area (Å²) in [7, 11) is 0. The predicted molar refractivity (Wildman–Crippen MR) is 39.9 cm³/mol. The Bertz CT molecular complexity index is 87.3. The number of hydrogen-bond acceptors (Lipinski definition) is 2. The van der Waals surface area contributed by atoms with Gasteiger partial charge in [0.2, 0.25) is 0 Å². The second-order valence-corrected chi connectivity index (χ2v) is 2.91. The summed E-state index contributed by atoms with van der Waals surface area (Å²) >= 11 is 0. The first kappa shape index (κ1) is 8.02. The Kier molecular flexibility index (Phi) is 3.16. The number of rotatable bonds is 3. The van der Waals surface area contributed by atoms with Gasteiger partial charge in [0, 0.05) is 6.61 Å². The second-order valence-electron chi connectivity index (χ2n) is 2.91. The van der Waals surface area contributed by atoms with Gasteiger partial charge in [-0.05, 0) is 19.3 Å². The van der Waals surface area contributed by atoms with E-state index in [9.17, 15) is 5.11 Å². The lowest BCUT2D eigenvalue weighted by atomic mass is 10.1. The Morgan fingerprint density at radius 1 is 1.70 bits per heavy atom. The van der Waals surface area contributed by atoms with Gasteiger partial charge in [0.15, 0.2) is 0 Å². The molecule has 10 heavy (non-hydrogen) atoms. The summed E-state index contributed by atoms with van der Waals surface area (Å²) in [6.45, 7) is 2.92. The topological polar surface area (TPSA) is 29.5 Å². The lowest BCUT2D eigenvalue weighted by molar-refractivity contribution is -0.00549. The molecule has 0 aromatic heterocycles. The molecule has 0 bridgehead atoms. The molecular weight excluding hydrogens is 128 g/mol. The van der Waals surface area contributed by atoms with E-state index in [1.807, 2.05) is 0 Å². The zero-order chi connectivity index (χ0) is 7.40. The first-order chi connectivity index (χ1) is 4.84. The first-order valence-electron chi connectivity index (χ1n) is 4.14. The van der Waals surface area contributed by atoms with Gasteiger partial charge in [0.25, 0.3) is 0 Å². The van der Waals surface area contributed by atoms with Crippen molar-refractivity contribution in [3.63, 3.8) is 0 Å². The Morgan fingerprint density at radius 3 is 3.00 bits per heavy atom. The van der Waals surface area contributed by atoms with Crippen molar-refractivity contribution in [2.24, 2.45) is 0 Å². The van der Waals surface area contributed by atoms with Crippen molar-refractivity contribution in [1.29, 1.82) is 0 Å². The maximum Gasteiger partial charge on any atom is 0.0834 e. The largest absolute Gasteiger partial charge is 0.390 e. The van der Waals surface area contributed by atoms with E-state index >= 15 is 0 Å². The maximum atomic E-state index is 9.42. The average Bonchev–Trinajstić information content (AvgIpc) is 2.38. The van der Waals surface area contributed by atoms with E-state index < -0.39 is 0 Å². The molecular formula is C8H16O2. The van der Waals surface area contributed by atoms with E-state index in [-0.39, 0.29) is 12.2 Å². The minimum Gasteiger partial charge on any atom is -0.390 e. The van der Waals surface area contributed by atoms with Crippen molar-refractivity contribution in [2.45, 2.75) is 44.8 Å². The highest BCUT2D eigenvalue weighted by Crippen LogP contribution is 2.17. The molecule has 1 N–H and O–H groups in total. The molecule has 0 aromatic rings. The number of ether oxygens (including phenoxy) is 1. The first-order valence-corrected chi connectivity index (χ1v) is 4.14. The number of aliphatic hydroxyl groups excluding tert-OH is 1. The van der Waals surface area contributed by atoms with Gasteiger partial charge in [-0.2, -0.15) is 0 Å². The molecule has 0 amide bonds. The van der Waals surface area contributed by atoms with Crippen LogP contribution in [0.4, 0.5) is 0 Å². The standard InChI is InChI=1S/C8H16O2/c1-2-4-7(9)8-5-3-6-10-8/h7-9H,2-6H2,1H3/t7-,8?/m0/s1. The highest BCUT2D eigenvalue weighted by Gasteiger charge is 2.22. The third-order valence-electron chi connectivity index (χ3n) is 1.98. The summed E-state index contributed by atoms with van der Waals surface area (Å²) in [6, 6.07) is 0. The van der Waals surface area contributed by atoms with Crippen LogP contribution in [0.3, 0.4) is 0 Å². The molecule has 1 aliphatic rings. The third-order valence-corrected chi connectivity index (χ3v) is 1.98. The summed E-state index contributed by atoms with van der Waals surface area (Å²) in [5.41, 5.74) is 0. The van der Waals surface area contributed by atoms with Crippen molar-refractivity contribution < 1.29 is 9.84 Å². The Morgan fingerprint density at radius 2 is 2.50 bits per heavy atom. The van der Waals surface area contributed by atoms with Crippen LogP contribution in [0.1, 0.15) is 32.6 Å². The highest BCUT2D eigenvalue weighted by atomic mass is 16.5. The SMILES string of the molecule is CCC[C@H](O)C1CCCO1. The van der Waals surface area contributed by atoms with Crippen molar-refractivity contribution in [3.8, 4) is 0 Å². The fourth-order valence-electron chi connectivity index (χ4n) is 1.39. The minimum atomic E-state index is -0.215. The summed E-state index contributed by atoms with van der Waals surface area (Å²) in [6.07, 6.45) is 4.01. The van der Waals surface area contributed by atoms with Gasteiger partial charge in [0.05, 0.1) is 12.2 Å². The summed E-state index contributed by atoms with van der Waals surface area (Å²) in [5, 5.41) is 9.42. The molecule has 0 spiro atoms. The van der Waals surface area contributed by atoms with Gasteiger partial charge in [-0.15, -0.1) is 0 Å². The van der Waals surface area contributed by atoms with Gasteiger partial charge < -0.3 is 9.84 Å². The molecule has 1 heterocycles. The fraction of sp³-hybridized carbons (Fsp3) is 1.00. The summed E-state index contributed by atoms with van der Waals surface area (Å²) in [5.74, 6) is 0. The average molecular weight is 144 g/mol. The van der Waals surface area contributed by atoms with Crippen LogP contribution in [0.15, 0.2) is 0 Å². The minimum absolute atomic E-state index is 0.139. The molecule has 2 nitrogen and oxygen atoms in total. The van der Waals surface area contributed by atoms with Crippen LogP contribution in [0.2, 0.25) is 0 Å². The molecule has 0 radical (unpaired) electrons. The normalized spacial score (nSPS) is 28.8. The Hall–Kier alpha value is -0.0800. The van der Waals surface area contributed by atoms with Gasteiger partial charge in [-0.1, -0.05) is 13.3 Å². The molecule has 1 aliphatic heterocycles. The van der Waals surface area contributed by atoms with Crippen LogP contribution < -0.4 is 0 Å². The molecule has 1 rings (SSSR count). The monoisotopic (exact) mass is 144 g/mol. The van der Waals surface area contributed by atoms with Crippen LogP contribution in [0.25, 0.3) is 0 Å². The van der Waals surface area contributed by atoms with Gasteiger partial charge in [-0.3, -0.25) is 0 Å². The number of hydrogen-bond donors (Lipinski definition) is 1. The van der Waals surface area contributed by atoms with Crippen LogP contribution in [-0.2, 0) is 4.74 Å². The lowest BCUT2D eigenvalue weighted by Gasteiger charge is -2.15. The molecule has 0 saturated carbocycles. The molecule has 1 saturated heterocycles. The van der Waals surface area contributed by atoms with Crippen molar-refractivity contribution in [2.75, 3.05) is 6.61 Å². The molecule has 0 aromatic carbocycles. The summed E-state index contributed by atoms with van der Waals surface area (Å²) < 4.78 is 5.32. The lowest BCUT2D eigenvalue weighted by Crippen LogP contribution is -2.24. The predicted octanol–water partition coefficient (Wildman–Crippen LogP) is 1.33. The smallest absolute Gasteiger partial charge is 0.0834 e. The van der Waals surface area contributed by atoms with Crippen molar-refractivity contribution in [1.82, 2.24) is 0 Å². The van der Waals surface area contributed by atoms with E-state index in [1.165, 1.54) is 0 Å². The van der Waals surface area contributed by atoms with E-state index in [0.29, 0.717) is 0 Å². The van der Waals surface area contributed by atoms with Crippen LogP contribution in [-0.4, -0.2) is 23.9 Å². The Labute approximate surface area is 62.2 Å². The molecule has 2 atom stereocenters. The molecule has 1 fully saturated rings. The van der Waals surface area contributed by atoms with Crippen molar-refractivity contribution in [3.05, 3.63) is 0 Å². The van der Waals surface area contributed by atoms with Gasteiger partial charge in [-0.25, -0.2) is 0 Å². The van der Waals surface area contributed by atoms with E-state index in [4.69, 9.17) is 4.74 Å². The highest BCUT2D eigenvalue weighted by molar-refractivity contribution is 4.72. The Balaban J connectivity index is 2.18.